The molecule has 7 rings (SSSR count). The van der Waals surface area contributed by atoms with E-state index in [4.69, 9.17) is 23.7 Å². The van der Waals surface area contributed by atoms with Crippen LogP contribution in [0.4, 0.5) is 0 Å². The van der Waals surface area contributed by atoms with Gasteiger partial charge in [-0.25, -0.2) is 4.79 Å². The Balaban J connectivity index is 0.00000400. The van der Waals surface area contributed by atoms with E-state index < -0.39 is 11.4 Å². The monoisotopic (exact) mass is 645 g/mol. The van der Waals surface area contributed by atoms with Crippen molar-refractivity contribution in [2.45, 2.75) is 84.7 Å². The van der Waals surface area contributed by atoms with Crippen LogP contribution in [-0.4, -0.2) is 69.4 Å². The standard InChI is InChI=1S/C35H47NO8.ClH/c1-22(6-8-29(37)42-12-4-9-36-10-13-41-14-11-36)5-7-27-31(40-3)23(2)28-21-43-33(38)30(28)32(27)44-34(39)35-18-24-15-25(19-35)17-26(16-24)20-35;/h5,24-26H,4,6-21H2,1-3H3;1H/b22-5+;. The van der Waals surface area contributed by atoms with Crippen molar-refractivity contribution >= 4 is 30.3 Å². The summed E-state index contributed by atoms with van der Waals surface area (Å²) in [5.41, 5.74) is 3.12. The highest BCUT2D eigenvalue weighted by molar-refractivity contribution is 5.99. The Morgan fingerprint density at radius 1 is 1.02 bits per heavy atom. The number of hydrogen-bond acceptors (Lipinski definition) is 9. The van der Waals surface area contributed by atoms with Gasteiger partial charge in [0.05, 0.1) is 32.3 Å². The molecule has 45 heavy (non-hydrogen) atoms. The second-order valence-electron chi connectivity index (χ2n) is 13.8. The van der Waals surface area contributed by atoms with E-state index >= 15 is 0 Å². The molecule has 2 aliphatic heterocycles. The van der Waals surface area contributed by atoms with E-state index in [1.165, 1.54) is 19.3 Å². The van der Waals surface area contributed by atoms with E-state index in [0.717, 1.165) is 75.2 Å². The third-order valence-corrected chi connectivity index (χ3v) is 10.7. The lowest BCUT2D eigenvalue weighted by Crippen LogP contribution is -2.51. The van der Waals surface area contributed by atoms with E-state index in [0.29, 0.717) is 60.5 Å². The van der Waals surface area contributed by atoms with Gasteiger partial charge in [0.2, 0.25) is 0 Å². The van der Waals surface area contributed by atoms with Crippen molar-refractivity contribution in [2.24, 2.45) is 23.2 Å². The van der Waals surface area contributed by atoms with Crippen LogP contribution in [0.15, 0.2) is 11.6 Å². The molecular formula is C35H48ClNO8. The molecule has 0 aromatic heterocycles. The molecule has 0 N–H and O–H groups in total. The third kappa shape index (κ3) is 7.20. The quantitative estimate of drug-likeness (QED) is 0.122. The first-order valence-electron chi connectivity index (χ1n) is 16.5. The molecule has 2 heterocycles. The topological polar surface area (TPSA) is 101 Å². The van der Waals surface area contributed by atoms with Gasteiger partial charge in [0.1, 0.15) is 17.9 Å². The molecule has 6 aliphatic rings. The Labute approximate surface area is 272 Å². The molecule has 4 saturated carbocycles. The Hall–Kier alpha value is -2.62. The van der Waals surface area contributed by atoms with E-state index in [-0.39, 0.29) is 36.7 Å². The van der Waals surface area contributed by atoms with Crippen molar-refractivity contribution in [3.63, 3.8) is 0 Å². The zero-order valence-electron chi connectivity index (χ0n) is 27.0. The van der Waals surface area contributed by atoms with Crippen molar-refractivity contribution in [1.29, 1.82) is 0 Å². The van der Waals surface area contributed by atoms with Gasteiger partial charge in [-0.2, -0.15) is 0 Å². The number of ether oxygens (including phenoxy) is 5. The van der Waals surface area contributed by atoms with Crippen LogP contribution < -0.4 is 9.47 Å². The second kappa shape index (κ2) is 14.4. The zero-order valence-corrected chi connectivity index (χ0v) is 27.8. The summed E-state index contributed by atoms with van der Waals surface area (Å²) in [6, 6.07) is 0. The summed E-state index contributed by atoms with van der Waals surface area (Å²) in [5, 5.41) is 0. The van der Waals surface area contributed by atoms with Crippen molar-refractivity contribution in [3.8, 4) is 11.5 Å². The van der Waals surface area contributed by atoms with Gasteiger partial charge in [-0.15, -0.1) is 12.4 Å². The van der Waals surface area contributed by atoms with E-state index in [1.54, 1.807) is 7.11 Å². The first kappa shape index (κ1) is 33.7. The Bertz CT molecular complexity index is 1280. The van der Waals surface area contributed by atoms with Crippen molar-refractivity contribution in [1.82, 2.24) is 4.90 Å². The third-order valence-electron chi connectivity index (χ3n) is 10.7. The van der Waals surface area contributed by atoms with Crippen LogP contribution in [0.3, 0.4) is 0 Å². The first-order chi connectivity index (χ1) is 21.3. The second-order valence-corrected chi connectivity index (χ2v) is 13.8. The Morgan fingerprint density at radius 2 is 1.69 bits per heavy atom. The van der Waals surface area contributed by atoms with Gasteiger partial charge in [0, 0.05) is 37.2 Å². The lowest BCUT2D eigenvalue weighted by atomic mass is 9.49. The fourth-order valence-electron chi connectivity index (χ4n) is 8.73. The van der Waals surface area contributed by atoms with Crippen LogP contribution in [0.25, 0.3) is 0 Å². The van der Waals surface area contributed by atoms with Crippen LogP contribution >= 0.6 is 12.4 Å². The molecule has 248 valence electrons. The number of halogens is 1. The highest BCUT2D eigenvalue weighted by Crippen LogP contribution is 2.60. The van der Waals surface area contributed by atoms with Gasteiger partial charge in [-0.3, -0.25) is 14.5 Å². The van der Waals surface area contributed by atoms with Crippen LogP contribution in [0.1, 0.15) is 91.8 Å². The molecule has 1 saturated heterocycles. The maximum absolute atomic E-state index is 14.0. The summed E-state index contributed by atoms with van der Waals surface area (Å²) in [6.45, 7) is 8.74. The normalized spacial score (nSPS) is 27.0. The van der Waals surface area contributed by atoms with Crippen LogP contribution in [0.5, 0.6) is 11.5 Å². The molecule has 0 atom stereocenters. The molecule has 10 heteroatoms. The molecule has 1 aromatic carbocycles. The number of morpholine rings is 1. The fourth-order valence-corrected chi connectivity index (χ4v) is 8.73. The summed E-state index contributed by atoms with van der Waals surface area (Å²) in [7, 11) is 1.60. The predicted molar refractivity (Wildman–Crippen MR) is 170 cm³/mol. The minimum absolute atomic E-state index is 0. The van der Waals surface area contributed by atoms with Crippen LogP contribution in [0.2, 0.25) is 0 Å². The molecular weight excluding hydrogens is 598 g/mol. The molecule has 0 radical (unpaired) electrons. The highest BCUT2D eigenvalue weighted by Gasteiger charge is 2.56. The van der Waals surface area contributed by atoms with Gasteiger partial charge < -0.3 is 23.7 Å². The lowest BCUT2D eigenvalue weighted by molar-refractivity contribution is -0.161. The minimum Gasteiger partial charge on any atom is -0.496 e. The smallest absolute Gasteiger partial charge is 0.342 e. The van der Waals surface area contributed by atoms with Gasteiger partial charge in [0.25, 0.3) is 0 Å². The van der Waals surface area contributed by atoms with E-state index in [1.807, 2.05) is 19.9 Å². The number of allylic oxidation sites excluding steroid dienone is 2. The number of esters is 3. The number of nitrogens with zero attached hydrogens (tertiary/aromatic N) is 1. The van der Waals surface area contributed by atoms with Crippen LogP contribution in [0, 0.1) is 30.1 Å². The molecule has 4 bridgehead atoms. The van der Waals surface area contributed by atoms with Gasteiger partial charge in [-0.05, 0) is 95.0 Å². The maximum Gasteiger partial charge on any atom is 0.342 e. The number of fused-ring (bicyclic) bond motifs is 1. The number of benzene rings is 1. The maximum atomic E-state index is 14.0. The van der Waals surface area contributed by atoms with Gasteiger partial charge in [0.15, 0.2) is 5.75 Å². The number of cyclic esters (lactones) is 1. The first-order valence-corrected chi connectivity index (χ1v) is 16.5. The molecule has 0 spiro atoms. The minimum atomic E-state index is -0.464. The lowest BCUT2D eigenvalue weighted by Gasteiger charge is -2.55. The summed E-state index contributed by atoms with van der Waals surface area (Å²) in [6.07, 6.45) is 10.4. The molecule has 5 fully saturated rings. The summed E-state index contributed by atoms with van der Waals surface area (Å²) >= 11 is 0. The SMILES string of the molecule is COc1c(C)c2c(c(OC(=O)C34CC5CC(CC(C5)C3)C4)c1C/C=C(\C)CCC(=O)OCCCN1CCOCC1)C(=O)OC2.Cl. The molecule has 4 aliphatic carbocycles. The van der Waals surface area contributed by atoms with E-state index in [2.05, 4.69) is 4.90 Å². The van der Waals surface area contributed by atoms with Crippen LogP contribution in [-0.2, 0) is 36.8 Å². The Kier molecular flexibility index (Phi) is 10.8. The number of methoxy groups -OCH3 is 1. The van der Waals surface area contributed by atoms with Crippen molar-refractivity contribution in [2.75, 3.05) is 46.6 Å². The largest absolute Gasteiger partial charge is 0.496 e. The average Bonchev–Trinajstić information content (AvgIpc) is 3.40. The van der Waals surface area contributed by atoms with E-state index in [9.17, 15) is 14.4 Å². The number of rotatable bonds is 12. The number of hydrogen-bond donors (Lipinski definition) is 0. The van der Waals surface area contributed by atoms with Gasteiger partial charge in [-0.1, -0.05) is 11.6 Å². The Morgan fingerprint density at radius 3 is 2.33 bits per heavy atom. The fraction of sp³-hybridized carbons (Fsp3) is 0.686. The molecule has 0 unspecified atom stereocenters. The highest BCUT2D eigenvalue weighted by atomic mass is 35.5. The molecule has 9 nitrogen and oxygen atoms in total. The molecule has 1 aromatic rings. The number of carbonyl (C=O) groups excluding carboxylic acids is 3. The van der Waals surface area contributed by atoms with Crippen molar-refractivity contribution < 1.29 is 38.1 Å². The van der Waals surface area contributed by atoms with Gasteiger partial charge >= 0.3 is 17.9 Å². The average molecular weight is 646 g/mol. The molecule has 0 amide bonds. The van der Waals surface area contributed by atoms with Crippen molar-refractivity contribution in [3.05, 3.63) is 33.9 Å². The summed E-state index contributed by atoms with van der Waals surface area (Å²) < 4.78 is 28.5. The zero-order chi connectivity index (χ0) is 30.8. The number of carbonyl (C=O) groups is 3. The predicted octanol–water partition coefficient (Wildman–Crippen LogP) is 5.75. The summed E-state index contributed by atoms with van der Waals surface area (Å²) in [5.74, 6) is 1.81. The summed E-state index contributed by atoms with van der Waals surface area (Å²) in [4.78, 5) is 41.8.